The average Bonchev–Trinajstić information content (AvgIpc) is 2.43. The van der Waals surface area contributed by atoms with Crippen molar-refractivity contribution in [3.63, 3.8) is 0 Å². The van der Waals surface area contributed by atoms with E-state index in [4.69, 9.17) is 11.6 Å². The van der Waals surface area contributed by atoms with Gasteiger partial charge in [0.05, 0.1) is 6.54 Å². The number of hydrogen-bond donors (Lipinski definition) is 2. The lowest BCUT2D eigenvalue weighted by Gasteiger charge is -2.10. The molecule has 0 fully saturated rings. The quantitative estimate of drug-likeness (QED) is 0.852. The van der Waals surface area contributed by atoms with Crippen LogP contribution < -0.4 is 10.6 Å². The minimum Gasteiger partial charge on any atom is -0.375 e. The first-order valence-corrected chi connectivity index (χ1v) is 7.28. The Hall–Kier alpha value is -1.52. The molecule has 0 aliphatic heterocycles. The zero-order chi connectivity index (χ0) is 14.5. The number of carbonyl (C=O) groups excluding carboxylic acids is 1. The third kappa shape index (κ3) is 3.99. The molecule has 104 valence electrons. The lowest BCUT2D eigenvalue weighted by molar-refractivity contribution is -0.114. The Kier molecular flexibility index (Phi) is 5.04. The van der Waals surface area contributed by atoms with Gasteiger partial charge in [-0.15, -0.1) is 0 Å². The molecule has 2 aromatic carbocycles. The van der Waals surface area contributed by atoms with Crippen LogP contribution in [0, 0.1) is 6.92 Å². The van der Waals surface area contributed by atoms with Crippen LogP contribution in [0.2, 0.25) is 5.02 Å². The van der Waals surface area contributed by atoms with Crippen molar-refractivity contribution < 1.29 is 4.79 Å². The zero-order valence-corrected chi connectivity index (χ0v) is 13.3. The summed E-state index contributed by atoms with van der Waals surface area (Å²) in [5.41, 5.74) is 2.74. The molecule has 0 radical (unpaired) electrons. The van der Waals surface area contributed by atoms with E-state index in [0.717, 1.165) is 21.4 Å². The minimum atomic E-state index is -0.110. The van der Waals surface area contributed by atoms with Gasteiger partial charge in [-0.1, -0.05) is 23.7 Å². The summed E-state index contributed by atoms with van der Waals surface area (Å²) < 4.78 is 0.972. The predicted molar refractivity (Wildman–Crippen MR) is 87.5 cm³/mol. The number of aryl methyl sites for hydroxylation is 1. The number of rotatable bonds is 4. The molecule has 0 saturated carbocycles. The lowest BCUT2D eigenvalue weighted by Crippen LogP contribution is -2.21. The largest absolute Gasteiger partial charge is 0.375 e. The van der Waals surface area contributed by atoms with Crippen molar-refractivity contribution in [3.05, 3.63) is 57.5 Å². The van der Waals surface area contributed by atoms with E-state index in [0.29, 0.717) is 5.02 Å². The maximum Gasteiger partial charge on any atom is 0.243 e. The molecule has 0 unspecified atom stereocenters. The highest BCUT2D eigenvalue weighted by Gasteiger charge is 2.05. The minimum absolute atomic E-state index is 0.110. The van der Waals surface area contributed by atoms with Crippen molar-refractivity contribution in [1.29, 1.82) is 0 Å². The molecule has 0 bridgehead atoms. The maximum atomic E-state index is 11.8. The molecular formula is C15H14BrClN2O. The molecule has 0 aliphatic rings. The summed E-state index contributed by atoms with van der Waals surface area (Å²) in [5.74, 6) is -0.110. The molecule has 2 N–H and O–H groups in total. The van der Waals surface area contributed by atoms with Crippen LogP contribution in [0.4, 0.5) is 11.4 Å². The fraction of sp³-hybridized carbons (Fsp3) is 0.133. The highest BCUT2D eigenvalue weighted by molar-refractivity contribution is 9.10. The van der Waals surface area contributed by atoms with Gasteiger partial charge in [0.1, 0.15) is 0 Å². The second-order valence-corrected chi connectivity index (χ2v) is 5.57. The van der Waals surface area contributed by atoms with Gasteiger partial charge < -0.3 is 10.6 Å². The Morgan fingerprint density at radius 3 is 2.60 bits per heavy atom. The van der Waals surface area contributed by atoms with Crippen LogP contribution in [0.3, 0.4) is 0 Å². The van der Waals surface area contributed by atoms with Crippen LogP contribution in [0.1, 0.15) is 5.56 Å². The van der Waals surface area contributed by atoms with E-state index in [1.807, 2.05) is 25.1 Å². The fourth-order valence-corrected chi connectivity index (χ4v) is 2.23. The molecule has 20 heavy (non-hydrogen) atoms. The molecule has 2 aromatic rings. The Labute approximate surface area is 131 Å². The average molecular weight is 354 g/mol. The molecule has 0 heterocycles. The third-order valence-corrected chi connectivity index (χ3v) is 4.06. The maximum absolute atomic E-state index is 11.8. The fourth-order valence-electron chi connectivity index (χ4n) is 1.70. The molecule has 5 heteroatoms. The van der Waals surface area contributed by atoms with Gasteiger partial charge in [0, 0.05) is 20.9 Å². The predicted octanol–water partition coefficient (Wildman–Crippen LogP) is 4.46. The van der Waals surface area contributed by atoms with Gasteiger partial charge >= 0.3 is 0 Å². The van der Waals surface area contributed by atoms with Gasteiger partial charge in [-0.05, 0) is 58.7 Å². The summed E-state index contributed by atoms with van der Waals surface area (Å²) in [4.78, 5) is 11.8. The van der Waals surface area contributed by atoms with E-state index in [9.17, 15) is 4.79 Å². The van der Waals surface area contributed by atoms with Gasteiger partial charge in [0.25, 0.3) is 0 Å². The van der Waals surface area contributed by atoms with E-state index < -0.39 is 0 Å². The van der Waals surface area contributed by atoms with E-state index in [1.54, 1.807) is 24.3 Å². The SMILES string of the molecule is Cc1cccc(NCC(=O)Nc2ccc(Cl)cc2)c1Br. The van der Waals surface area contributed by atoms with Crippen molar-refractivity contribution in [3.8, 4) is 0 Å². The summed E-state index contributed by atoms with van der Waals surface area (Å²) in [5, 5.41) is 6.54. The van der Waals surface area contributed by atoms with Crippen LogP contribution in [-0.4, -0.2) is 12.5 Å². The van der Waals surface area contributed by atoms with Crippen molar-refractivity contribution in [1.82, 2.24) is 0 Å². The topological polar surface area (TPSA) is 41.1 Å². The molecule has 0 spiro atoms. The van der Waals surface area contributed by atoms with E-state index >= 15 is 0 Å². The first kappa shape index (κ1) is 14.9. The second-order valence-electron chi connectivity index (χ2n) is 4.35. The Balaban J connectivity index is 1.92. The van der Waals surface area contributed by atoms with Crippen molar-refractivity contribution in [2.24, 2.45) is 0 Å². The van der Waals surface area contributed by atoms with Gasteiger partial charge in [0.2, 0.25) is 5.91 Å². The highest BCUT2D eigenvalue weighted by atomic mass is 79.9. The van der Waals surface area contributed by atoms with Crippen LogP contribution in [0.5, 0.6) is 0 Å². The van der Waals surface area contributed by atoms with Gasteiger partial charge in [0.15, 0.2) is 0 Å². The van der Waals surface area contributed by atoms with Crippen LogP contribution in [-0.2, 0) is 4.79 Å². The molecule has 0 aliphatic carbocycles. The number of carbonyl (C=O) groups is 1. The van der Waals surface area contributed by atoms with E-state index in [1.165, 1.54) is 0 Å². The second kappa shape index (κ2) is 6.77. The van der Waals surface area contributed by atoms with Gasteiger partial charge in [-0.2, -0.15) is 0 Å². The van der Waals surface area contributed by atoms with Crippen molar-refractivity contribution >= 4 is 44.8 Å². The summed E-state index contributed by atoms with van der Waals surface area (Å²) in [6.45, 7) is 2.20. The number of hydrogen-bond acceptors (Lipinski definition) is 2. The molecule has 0 aromatic heterocycles. The third-order valence-electron chi connectivity index (χ3n) is 2.76. The molecule has 0 saturated heterocycles. The van der Waals surface area contributed by atoms with Crippen LogP contribution >= 0.6 is 27.5 Å². The number of amides is 1. The summed E-state index contributed by atoms with van der Waals surface area (Å²) in [6.07, 6.45) is 0. The van der Waals surface area contributed by atoms with E-state index in [2.05, 4.69) is 26.6 Å². The molecule has 1 amide bonds. The number of benzene rings is 2. The highest BCUT2D eigenvalue weighted by Crippen LogP contribution is 2.25. The Morgan fingerprint density at radius 1 is 1.20 bits per heavy atom. The smallest absolute Gasteiger partial charge is 0.243 e. The Morgan fingerprint density at radius 2 is 1.90 bits per heavy atom. The summed E-state index contributed by atoms with van der Waals surface area (Å²) >= 11 is 9.29. The lowest BCUT2D eigenvalue weighted by atomic mass is 10.2. The van der Waals surface area contributed by atoms with Gasteiger partial charge in [-0.25, -0.2) is 0 Å². The molecule has 3 nitrogen and oxygen atoms in total. The van der Waals surface area contributed by atoms with Crippen molar-refractivity contribution in [2.45, 2.75) is 6.92 Å². The molecular weight excluding hydrogens is 340 g/mol. The van der Waals surface area contributed by atoms with Gasteiger partial charge in [-0.3, -0.25) is 4.79 Å². The monoisotopic (exact) mass is 352 g/mol. The van der Waals surface area contributed by atoms with E-state index in [-0.39, 0.29) is 12.5 Å². The summed E-state index contributed by atoms with van der Waals surface area (Å²) in [6, 6.07) is 12.9. The number of nitrogens with one attached hydrogen (secondary N) is 2. The van der Waals surface area contributed by atoms with Crippen molar-refractivity contribution in [2.75, 3.05) is 17.2 Å². The number of halogens is 2. The number of anilines is 2. The first-order chi connectivity index (χ1) is 9.56. The zero-order valence-electron chi connectivity index (χ0n) is 10.9. The first-order valence-electron chi connectivity index (χ1n) is 6.10. The Bertz CT molecular complexity index is 614. The normalized spacial score (nSPS) is 10.2. The summed E-state index contributed by atoms with van der Waals surface area (Å²) in [7, 11) is 0. The molecule has 0 atom stereocenters. The van der Waals surface area contributed by atoms with Crippen LogP contribution in [0.25, 0.3) is 0 Å². The molecule has 2 rings (SSSR count). The van der Waals surface area contributed by atoms with Crippen LogP contribution in [0.15, 0.2) is 46.9 Å². The standard InChI is InChI=1S/C15H14BrClN2O/c1-10-3-2-4-13(15(10)16)18-9-14(20)19-12-7-5-11(17)6-8-12/h2-8,18H,9H2,1H3,(H,19,20).